The molecule has 1 unspecified atom stereocenters. The summed E-state index contributed by atoms with van der Waals surface area (Å²) in [6.07, 6.45) is 18.4. The van der Waals surface area contributed by atoms with E-state index in [0.717, 1.165) is 90.7 Å². The summed E-state index contributed by atoms with van der Waals surface area (Å²) in [5.41, 5.74) is 0. The maximum atomic E-state index is 12.0. The Morgan fingerprint density at radius 3 is 1.64 bits per heavy atom. The molecular formula is C27H49N3O3. The van der Waals surface area contributed by atoms with Gasteiger partial charge in [-0.05, 0) is 64.5 Å². The van der Waals surface area contributed by atoms with E-state index in [1.54, 1.807) is 0 Å². The molecule has 1 saturated heterocycles. The Labute approximate surface area is 202 Å². The number of allylic oxidation sites excluding steroid dienone is 2. The van der Waals surface area contributed by atoms with Gasteiger partial charge in [0.1, 0.15) is 0 Å². The summed E-state index contributed by atoms with van der Waals surface area (Å²) in [4.78, 5) is 26.3. The lowest BCUT2D eigenvalue weighted by molar-refractivity contribution is -0.122. The Bertz CT molecular complexity index is 495. The van der Waals surface area contributed by atoms with E-state index < -0.39 is 0 Å². The van der Waals surface area contributed by atoms with E-state index in [-0.39, 0.29) is 11.8 Å². The number of hydrogen-bond acceptors (Lipinski definition) is 4. The van der Waals surface area contributed by atoms with Crippen molar-refractivity contribution in [3.63, 3.8) is 0 Å². The fourth-order valence-corrected chi connectivity index (χ4v) is 3.85. The number of epoxide rings is 1. The number of carbonyl (C=O) groups excluding carboxylic acids is 2. The quantitative estimate of drug-likeness (QED) is 0.123. The first-order valence-electron chi connectivity index (χ1n) is 13.2. The number of hydrogen-bond donors (Lipinski definition) is 2. The van der Waals surface area contributed by atoms with Gasteiger partial charge in [-0.2, -0.15) is 0 Å². The second-order valence-corrected chi connectivity index (χ2v) is 9.15. The number of nitrogens with zero attached hydrogens (tertiary/aromatic N) is 1. The Kier molecular flexibility index (Phi) is 18.6. The van der Waals surface area contributed by atoms with Gasteiger partial charge in [-0.25, -0.2) is 0 Å². The monoisotopic (exact) mass is 463 g/mol. The van der Waals surface area contributed by atoms with E-state index in [4.69, 9.17) is 4.74 Å². The van der Waals surface area contributed by atoms with E-state index in [9.17, 15) is 9.59 Å². The van der Waals surface area contributed by atoms with Crippen LogP contribution in [0, 0.1) is 0 Å². The maximum Gasteiger partial charge on any atom is 0.219 e. The van der Waals surface area contributed by atoms with Crippen molar-refractivity contribution in [1.29, 1.82) is 0 Å². The molecule has 1 aliphatic heterocycles. The van der Waals surface area contributed by atoms with Crippen molar-refractivity contribution >= 4 is 11.8 Å². The first-order valence-corrected chi connectivity index (χ1v) is 13.2. The average molecular weight is 464 g/mol. The summed E-state index contributed by atoms with van der Waals surface area (Å²) < 4.78 is 5.39. The molecular weight excluding hydrogens is 414 g/mol. The molecule has 2 amide bonds. The SMILES string of the molecule is C=CCCCCCCC(=O)NCCCN(CCCNC(=O)CCCCCCC=C)CC1CO1. The number of ether oxygens (including phenoxy) is 1. The lowest BCUT2D eigenvalue weighted by atomic mass is 10.1. The van der Waals surface area contributed by atoms with Crippen molar-refractivity contribution < 1.29 is 14.3 Å². The zero-order valence-corrected chi connectivity index (χ0v) is 21.0. The first-order chi connectivity index (χ1) is 16.2. The molecule has 33 heavy (non-hydrogen) atoms. The molecule has 0 aromatic rings. The molecule has 0 bridgehead atoms. The molecule has 1 atom stereocenters. The highest BCUT2D eigenvalue weighted by Gasteiger charge is 2.25. The largest absolute Gasteiger partial charge is 0.372 e. The molecule has 2 N–H and O–H groups in total. The third kappa shape index (κ3) is 19.5. The number of rotatable bonds is 24. The number of amides is 2. The van der Waals surface area contributed by atoms with Gasteiger partial charge >= 0.3 is 0 Å². The minimum absolute atomic E-state index is 0.166. The highest BCUT2D eigenvalue weighted by molar-refractivity contribution is 5.76. The zero-order chi connectivity index (χ0) is 24.0. The van der Waals surface area contributed by atoms with Crippen LogP contribution in [-0.4, -0.2) is 62.1 Å². The summed E-state index contributed by atoms with van der Waals surface area (Å²) in [6, 6.07) is 0. The maximum absolute atomic E-state index is 12.0. The van der Waals surface area contributed by atoms with Gasteiger partial charge in [0.15, 0.2) is 0 Å². The second-order valence-electron chi connectivity index (χ2n) is 9.15. The minimum Gasteiger partial charge on any atom is -0.372 e. The van der Waals surface area contributed by atoms with Gasteiger partial charge in [0.2, 0.25) is 11.8 Å². The van der Waals surface area contributed by atoms with Gasteiger partial charge in [0.05, 0.1) is 12.7 Å². The Morgan fingerprint density at radius 1 is 0.758 bits per heavy atom. The highest BCUT2D eigenvalue weighted by Crippen LogP contribution is 2.11. The van der Waals surface area contributed by atoms with Crippen LogP contribution in [0.25, 0.3) is 0 Å². The molecule has 0 saturated carbocycles. The molecule has 1 rings (SSSR count). The summed E-state index contributed by atoms with van der Waals surface area (Å²) >= 11 is 0. The van der Waals surface area contributed by atoms with Crippen LogP contribution in [0.4, 0.5) is 0 Å². The van der Waals surface area contributed by atoms with Crippen LogP contribution in [-0.2, 0) is 14.3 Å². The average Bonchev–Trinajstić information content (AvgIpc) is 3.62. The molecule has 1 fully saturated rings. The summed E-state index contributed by atoms with van der Waals surface area (Å²) in [5.74, 6) is 0.332. The summed E-state index contributed by atoms with van der Waals surface area (Å²) in [7, 11) is 0. The summed E-state index contributed by atoms with van der Waals surface area (Å²) in [6.45, 7) is 12.6. The van der Waals surface area contributed by atoms with Crippen LogP contribution >= 0.6 is 0 Å². The second kappa shape index (κ2) is 20.9. The van der Waals surface area contributed by atoms with Crippen LogP contribution < -0.4 is 10.6 Å². The molecule has 0 aliphatic carbocycles. The van der Waals surface area contributed by atoms with Crippen LogP contribution in [0.3, 0.4) is 0 Å². The van der Waals surface area contributed by atoms with E-state index in [1.165, 1.54) is 25.7 Å². The molecule has 1 heterocycles. The standard InChI is InChI=1S/C27H49N3O3/c1-3-5-7-9-11-13-17-26(31)28-19-15-21-30(23-25-24-33-25)22-16-20-29-27(32)18-14-12-10-8-6-4-2/h3-4,25H,1-2,5-24H2,(H,28,31)(H,29,32). The first kappa shape index (κ1) is 29.4. The fraction of sp³-hybridized carbons (Fsp3) is 0.778. The van der Waals surface area contributed by atoms with Gasteiger partial charge in [0.25, 0.3) is 0 Å². The Balaban J connectivity index is 2.03. The van der Waals surface area contributed by atoms with E-state index >= 15 is 0 Å². The van der Waals surface area contributed by atoms with Crippen LogP contribution in [0.2, 0.25) is 0 Å². The lowest BCUT2D eigenvalue weighted by Crippen LogP contribution is -2.34. The highest BCUT2D eigenvalue weighted by atomic mass is 16.6. The zero-order valence-electron chi connectivity index (χ0n) is 21.0. The summed E-state index contributed by atoms with van der Waals surface area (Å²) in [5, 5.41) is 6.10. The van der Waals surface area contributed by atoms with Crippen LogP contribution in [0.15, 0.2) is 25.3 Å². The van der Waals surface area contributed by atoms with Crippen LogP contribution in [0.5, 0.6) is 0 Å². The normalized spacial score (nSPS) is 14.8. The van der Waals surface area contributed by atoms with E-state index in [0.29, 0.717) is 18.9 Å². The molecule has 0 spiro atoms. The number of nitrogens with one attached hydrogen (secondary N) is 2. The van der Waals surface area contributed by atoms with Crippen molar-refractivity contribution in [2.45, 2.75) is 96.0 Å². The molecule has 1 aliphatic rings. The van der Waals surface area contributed by atoms with Crippen LogP contribution in [0.1, 0.15) is 89.9 Å². The predicted octanol–water partition coefficient (Wildman–Crippen LogP) is 4.75. The smallest absolute Gasteiger partial charge is 0.219 e. The molecule has 0 aromatic carbocycles. The fourth-order valence-electron chi connectivity index (χ4n) is 3.85. The molecule has 6 heteroatoms. The Morgan fingerprint density at radius 2 is 1.21 bits per heavy atom. The molecule has 6 nitrogen and oxygen atoms in total. The van der Waals surface area contributed by atoms with Gasteiger partial charge in [-0.1, -0.05) is 37.8 Å². The van der Waals surface area contributed by atoms with E-state index in [1.807, 2.05) is 12.2 Å². The number of carbonyl (C=O) groups is 2. The lowest BCUT2D eigenvalue weighted by Gasteiger charge is -2.21. The van der Waals surface area contributed by atoms with Gasteiger partial charge in [-0.15, -0.1) is 13.2 Å². The number of unbranched alkanes of at least 4 members (excludes halogenated alkanes) is 8. The van der Waals surface area contributed by atoms with Gasteiger partial charge in [0, 0.05) is 32.5 Å². The van der Waals surface area contributed by atoms with Crippen molar-refractivity contribution in [2.75, 3.05) is 39.3 Å². The third-order valence-corrected chi connectivity index (χ3v) is 5.93. The Hall–Kier alpha value is -1.66. The third-order valence-electron chi connectivity index (χ3n) is 5.93. The van der Waals surface area contributed by atoms with Crippen molar-refractivity contribution in [2.24, 2.45) is 0 Å². The van der Waals surface area contributed by atoms with Crippen molar-refractivity contribution in [3.8, 4) is 0 Å². The topological polar surface area (TPSA) is 74.0 Å². The van der Waals surface area contributed by atoms with Crippen molar-refractivity contribution in [1.82, 2.24) is 15.5 Å². The predicted molar refractivity (Wildman–Crippen MR) is 137 cm³/mol. The molecule has 0 aromatic heterocycles. The van der Waals surface area contributed by atoms with E-state index in [2.05, 4.69) is 28.7 Å². The molecule has 190 valence electrons. The van der Waals surface area contributed by atoms with Gasteiger partial charge in [-0.3, -0.25) is 9.59 Å². The van der Waals surface area contributed by atoms with Gasteiger partial charge < -0.3 is 20.3 Å². The van der Waals surface area contributed by atoms with Crippen molar-refractivity contribution in [3.05, 3.63) is 25.3 Å². The molecule has 0 radical (unpaired) electrons. The minimum atomic E-state index is 0.166.